The maximum absolute atomic E-state index is 5.97. The van der Waals surface area contributed by atoms with Crippen molar-refractivity contribution in [2.75, 3.05) is 65.4 Å². The fraction of sp³-hybridized carbons (Fsp3) is 0.476. The van der Waals surface area contributed by atoms with Gasteiger partial charge in [-0.3, -0.25) is 4.99 Å². The molecule has 0 atom stereocenters. The van der Waals surface area contributed by atoms with E-state index >= 15 is 0 Å². The predicted octanol–water partition coefficient (Wildman–Crippen LogP) is 1.31. The number of rotatable bonds is 7. The van der Waals surface area contributed by atoms with Crippen LogP contribution in [0.2, 0.25) is 0 Å². The van der Waals surface area contributed by atoms with E-state index in [2.05, 4.69) is 41.0 Å². The quantitative estimate of drug-likeness (QED) is 0.558. The zero-order chi connectivity index (χ0) is 20.5. The van der Waals surface area contributed by atoms with Gasteiger partial charge in [-0.25, -0.2) is 9.97 Å². The molecule has 1 N–H and O–H groups in total. The first-order valence-corrected chi connectivity index (χ1v) is 10.0. The Morgan fingerprint density at radius 3 is 2.52 bits per heavy atom. The minimum atomic E-state index is 0.669. The monoisotopic (exact) mass is 397 g/mol. The number of anilines is 1. The Bertz CT molecular complexity index is 774. The third-order valence-corrected chi connectivity index (χ3v) is 4.83. The molecule has 8 nitrogen and oxygen atoms in total. The number of ether oxygens (including phenoxy) is 1. The minimum absolute atomic E-state index is 0.669. The van der Waals surface area contributed by atoms with Gasteiger partial charge < -0.3 is 24.8 Å². The highest BCUT2D eigenvalue weighted by Gasteiger charge is 2.21. The lowest BCUT2D eigenvalue weighted by Crippen LogP contribution is -2.52. The van der Waals surface area contributed by atoms with Crippen molar-refractivity contribution in [3.05, 3.63) is 48.3 Å². The number of guanidine groups is 1. The number of nitrogens with zero attached hydrogens (tertiary/aromatic N) is 6. The average molecular weight is 398 g/mol. The molecule has 0 aliphatic carbocycles. The summed E-state index contributed by atoms with van der Waals surface area (Å²) >= 11 is 0. The highest BCUT2D eigenvalue weighted by atomic mass is 16.5. The van der Waals surface area contributed by atoms with Gasteiger partial charge in [0.2, 0.25) is 5.95 Å². The molecule has 156 valence electrons. The first-order chi connectivity index (χ1) is 14.2. The van der Waals surface area contributed by atoms with Gasteiger partial charge in [0, 0.05) is 64.3 Å². The van der Waals surface area contributed by atoms with Crippen LogP contribution < -0.4 is 15.0 Å². The zero-order valence-electron chi connectivity index (χ0n) is 17.6. The minimum Gasteiger partial charge on any atom is -0.492 e. The summed E-state index contributed by atoms with van der Waals surface area (Å²) in [5.74, 6) is 2.61. The molecule has 29 heavy (non-hydrogen) atoms. The van der Waals surface area contributed by atoms with Crippen LogP contribution in [0.15, 0.2) is 47.7 Å². The second-order valence-electron chi connectivity index (χ2n) is 7.18. The SMILES string of the molecule is CN=C(NCc1ccccc1OCCN(C)C)N1CCN(c2ncccn2)CC1. The lowest BCUT2D eigenvalue weighted by molar-refractivity contribution is 0.259. The summed E-state index contributed by atoms with van der Waals surface area (Å²) in [5.41, 5.74) is 1.13. The van der Waals surface area contributed by atoms with Gasteiger partial charge in [0.1, 0.15) is 12.4 Å². The molecule has 2 heterocycles. The number of piperazine rings is 1. The van der Waals surface area contributed by atoms with E-state index in [1.54, 1.807) is 12.4 Å². The Kier molecular flexibility index (Phi) is 7.63. The molecule has 0 radical (unpaired) electrons. The largest absolute Gasteiger partial charge is 0.492 e. The number of aromatic nitrogens is 2. The molecular weight excluding hydrogens is 366 g/mol. The molecule has 0 spiro atoms. The molecule has 0 saturated carbocycles. The van der Waals surface area contributed by atoms with E-state index in [9.17, 15) is 0 Å². The molecule has 1 aliphatic heterocycles. The number of hydrogen-bond acceptors (Lipinski definition) is 6. The smallest absolute Gasteiger partial charge is 0.225 e. The number of aliphatic imine (C=N–C) groups is 1. The van der Waals surface area contributed by atoms with Crippen LogP contribution >= 0.6 is 0 Å². The molecule has 1 fully saturated rings. The van der Waals surface area contributed by atoms with Crippen LogP contribution in [0.1, 0.15) is 5.56 Å². The fourth-order valence-corrected chi connectivity index (χ4v) is 3.21. The van der Waals surface area contributed by atoms with E-state index in [1.165, 1.54) is 0 Å². The normalized spacial score (nSPS) is 15.0. The Balaban J connectivity index is 1.52. The third kappa shape index (κ3) is 6.05. The molecule has 1 aromatic heterocycles. The Morgan fingerprint density at radius 2 is 1.83 bits per heavy atom. The predicted molar refractivity (Wildman–Crippen MR) is 117 cm³/mol. The van der Waals surface area contributed by atoms with Crippen LogP contribution in [0, 0.1) is 0 Å². The summed E-state index contributed by atoms with van der Waals surface area (Å²) < 4.78 is 5.97. The fourth-order valence-electron chi connectivity index (χ4n) is 3.21. The molecule has 1 saturated heterocycles. The van der Waals surface area contributed by atoms with Crippen molar-refractivity contribution in [3.8, 4) is 5.75 Å². The lowest BCUT2D eigenvalue weighted by atomic mass is 10.2. The summed E-state index contributed by atoms with van der Waals surface area (Å²) in [5, 5.41) is 3.49. The lowest BCUT2D eigenvalue weighted by Gasteiger charge is -2.36. The Morgan fingerprint density at radius 1 is 1.10 bits per heavy atom. The van der Waals surface area contributed by atoms with Crippen LogP contribution in [-0.2, 0) is 6.54 Å². The molecular formula is C21H31N7O. The van der Waals surface area contributed by atoms with Gasteiger partial charge in [-0.05, 0) is 26.2 Å². The Hall–Kier alpha value is -2.87. The van der Waals surface area contributed by atoms with E-state index in [4.69, 9.17) is 4.74 Å². The first kappa shape index (κ1) is 20.9. The highest BCUT2D eigenvalue weighted by molar-refractivity contribution is 5.80. The van der Waals surface area contributed by atoms with Crippen LogP contribution in [0.25, 0.3) is 0 Å². The van der Waals surface area contributed by atoms with Crippen molar-refractivity contribution in [1.82, 2.24) is 25.1 Å². The van der Waals surface area contributed by atoms with Gasteiger partial charge in [0.25, 0.3) is 0 Å². The van der Waals surface area contributed by atoms with Crippen molar-refractivity contribution < 1.29 is 4.74 Å². The molecule has 1 aliphatic rings. The second kappa shape index (κ2) is 10.6. The van der Waals surface area contributed by atoms with Crippen LogP contribution in [0.3, 0.4) is 0 Å². The van der Waals surface area contributed by atoms with Crippen molar-refractivity contribution in [2.24, 2.45) is 4.99 Å². The topological polar surface area (TPSA) is 69.1 Å². The maximum Gasteiger partial charge on any atom is 0.225 e. The van der Waals surface area contributed by atoms with Gasteiger partial charge in [0.05, 0.1) is 0 Å². The summed E-state index contributed by atoms with van der Waals surface area (Å²) in [6.07, 6.45) is 3.57. The summed E-state index contributed by atoms with van der Waals surface area (Å²) in [6, 6.07) is 10.0. The van der Waals surface area contributed by atoms with Gasteiger partial charge in [-0.15, -0.1) is 0 Å². The molecule has 8 heteroatoms. The van der Waals surface area contributed by atoms with Crippen molar-refractivity contribution in [1.29, 1.82) is 0 Å². The molecule has 1 aromatic carbocycles. The molecule has 2 aromatic rings. The van der Waals surface area contributed by atoms with Crippen molar-refractivity contribution >= 4 is 11.9 Å². The number of likely N-dealkylation sites (N-methyl/N-ethyl adjacent to an activating group) is 1. The van der Waals surface area contributed by atoms with E-state index in [-0.39, 0.29) is 0 Å². The molecule has 3 rings (SSSR count). The van der Waals surface area contributed by atoms with Gasteiger partial charge >= 0.3 is 0 Å². The van der Waals surface area contributed by atoms with Gasteiger partial charge in [-0.1, -0.05) is 18.2 Å². The molecule has 0 amide bonds. The standard InChI is InChI=1S/C21H31N7O/c1-22-20(27-11-13-28(14-12-27)21-23-9-6-10-24-21)25-17-18-7-4-5-8-19(18)29-16-15-26(2)3/h4-10H,11-17H2,1-3H3,(H,22,25). The first-order valence-electron chi connectivity index (χ1n) is 10.0. The maximum atomic E-state index is 5.97. The third-order valence-electron chi connectivity index (χ3n) is 4.83. The van der Waals surface area contributed by atoms with Crippen LogP contribution in [0.4, 0.5) is 5.95 Å². The highest BCUT2D eigenvalue weighted by Crippen LogP contribution is 2.18. The summed E-state index contributed by atoms with van der Waals surface area (Å²) in [6.45, 7) is 5.72. The Labute approximate surface area is 173 Å². The van der Waals surface area contributed by atoms with E-state index in [1.807, 2.05) is 45.4 Å². The molecule has 0 unspecified atom stereocenters. The van der Waals surface area contributed by atoms with Gasteiger partial charge in [0.15, 0.2) is 5.96 Å². The van der Waals surface area contributed by atoms with E-state index in [0.29, 0.717) is 13.2 Å². The number of para-hydroxylation sites is 1. The molecule has 0 bridgehead atoms. The number of nitrogens with one attached hydrogen (secondary N) is 1. The van der Waals surface area contributed by atoms with E-state index in [0.717, 1.165) is 55.9 Å². The second-order valence-corrected chi connectivity index (χ2v) is 7.18. The van der Waals surface area contributed by atoms with E-state index < -0.39 is 0 Å². The number of hydrogen-bond donors (Lipinski definition) is 1. The average Bonchev–Trinajstić information content (AvgIpc) is 2.76. The summed E-state index contributed by atoms with van der Waals surface area (Å²) in [4.78, 5) is 19.8. The van der Waals surface area contributed by atoms with Crippen LogP contribution in [-0.4, -0.2) is 86.2 Å². The van der Waals surface area contributed by atoms with Gasteiger partial charge in [-0.2, -0.15) is 0 Å². The van der Waals surface area contributed by atoms with Crippen molar-refractivity contribution in [2.45, 2.75) is 6.54 Å². The van der Waals surface area contributed by atoms with Crippen LogP contribution in [0.5, 0.6) is 5.75 Å². The zero-order valence-corrected chi connectivity index (χ0v) is 17.6. The summed E-state index contributed by atoms with van der Waals surface area (Å²) in [7, 11) is 5.92. The van der Waals surface area contributed by atoms with Crippen molar-refractivity contribution in [3.63, 3.8) is 0 Å². The number of benzene rings is 1.